The fraction of sp³-hybridized carbons (Fsp3) is 0.200. The van der Waals surface area contributed by atoms with Crippen LogP contribution in [-0.4, -0.2) is 18.9 Å². The van der Waals surface area contributed by atoms with E-state index in [-0.39, 0.29) is 4.90 Å². The van der Waals surface area contributed by atoms with Crippen LogP contribution < -0.4 is 9.52 Å². The number of fused-ring (bicyclic) bond motifs is 1. The van der Waals surface area contributed by atoms with Gasteiger partial charge in [-0.1, -0.05) is 55.5 Å². The molecule has 3 aromatic carbocycles. The number of carbonyl (C=O) groups excluding carboxylic acids is 1. The number of nitrogens with one attached hydrogen (secondary N) is 1. The molecule has 170 valence electrons. The lowest BCUT2D eigenvalue weighted by Crippen LogP contribution is -2.16. The Morgan fingerprint density at radius 3 is 2.48 bits per heavy atom. The second-order valence-electron chi connectivity index (χ2n) is 7.93. The number of nitrogens with zero attached hydrogens (tertiary/aromatic N) is 2. The largest absolute Gasteiger partial charge is 0.317 e. The van der Waals surface area contributed by atoms with Gasteiger partial charge in [-0.3, -0.25) is 9.52 Å². The molecule has 6 nitrogen and oxygen atoms in total. The first-order valence-electron chi connectivity index (χ1n) is 10.7. The van der Waals surface area contributed by atoms with Crippen LogP contribution in [0.4, 0.5) is 5.69 Å². The molecule has 0 bridgehead atoms. The molecule has 1 N–H and O–H groups in total. The summed E-state index contributed by atoms with van der Waals surface area (Å²) in [5, 5.41) is 0. The predicted molar refractivity (Wildman–Crippen MR) is 133 cm³/mol. The van der Waals surface area contributed by atoms with E-state index < -0.39 is 15.9 Å². The molecule has 0 unspecified atom stereocenters. The first-order chi connectivity index (χ1) is 15.8. The molecule has 0 saturated heterocycles. The Balaban J connectivity index is 1.67. The van der Waals surface area contributed by atoms with Crippen molar-refractivity contribution in [2.24, 2.45) is 4.99 Å². The summed E-state index contributed by atoms with van der Waals surface area (Å²) >= 11 is 1.48. The summed E-state index contributed by atoms with van der Waals surface area (Å²) in [6, 6.07) is 20.8. The van der Waals surface area contributed by atoms with E-state index in [1.54, 1.807) is 36.4 Å². The maximum atomic E-state index is 13.0. The standard InChI is InChI=1S/C25H25N3O3S2/c1-4-28-22-14-13-18(17(2)3)16-23(22)32-25(28)26-24(29)19-9-8-10-20(15-19)27-33(30,31)21-11-6-5-7-12-21/h5-17,27H,4H2,1-3H3. The van der Waals surface area contributed by atoms with Crippen LogP contribution in [0.2, 0.25) is 0 Å². The number of hydrogen-bond acceptors (Lipinski definition) is 4. The molecule has 1 amide bonds. The van der Waals surface area contributed by atoms with E-state index in [9.17, 15) is 13.2 Å². The van der Waals surface area contributed by atoms with Gasteiger partial charge < -0.3 is 4.57 Å². The Kier molecular flexibility index (Phi) is 6.49. The number of carbonyl (C=O) groups is 1. The zero-order valence-corrected chi connectivity index (χ0v) is 20.3. The fourth-order valence-electron chi connectivity index (χ4n) is 3.52. The molecule has 4 rings (SSSR count). The van der Waals surface area contributed by atoms with E-state index in [0.29, 0.717) is 28.5 Å². The monoisotopic (exact) mass is 479 g/mol. The SMILES string of the molecule is CCn1c(=NC(=O)c2cccc(NS(=O)(=O)c3ccccc3)c2)sc2cc(C(C)C)ccc21. The van der Waals surface area contributed by atoms with Gasteiger partial charge in [0.2, 0.25) is 0 Å². The lowest BCUT2D eigenvalue weighted by atomic mass is 10.0. The molecule has 0 aliphatic heterocycles. The molecule has 0 aliphatic rings. The van der Waals surface area contributed by atoms with Crippen LogP contribution in [0.5, 0.6) is 0 Å². The molecule has 0 aliphatic carbocycles. The van der Waals surface area contributed by atoms with E-state index in [1.165, 1.54) is 35.1 Å². The van der Waals surface area contributed by atoms with Gasteiger partial charge in [-0.05, 0) is 60.9 Å². The van der Waals surface area contributed by atoms with Crippen molar-refractivity contribution in [1.82, 2.24) is 4.57 Å². The van der Waals surface area contributed by atoms with Crippen LogP contribution in [0.3, 0.4) is 0 Å². The molecule has 0 radical (unpaired) electrons. The summed E-state index contributed by atoms with van der Waals surface area (Å²) in [4.78, 5) is 18.1. The van der Waals surface area contributed by atoms with Crippen LogP contribution in [-0.2, 0) is 16.6 Å². The fourth-order valence-corrected chi connectivity index (χ4v) is 5.73. The summed E-state index contributed by atoms with van der Waals surface area (Å²) in [6.45, 7) is 7.00. The highest BCUT2D eigenvalue weighted by atomic mass is 32.2. The van der Waals surface area contributed by atoms with E-state index in [1.807, 2.05) is 11.5 Å². The van der Waals surface area contributed by atoms with Crippen molar-refractivity contribution in [3.05, 3.63) is 88.7 Å². The number of aromatic nitrogens is 1. The minimum Gasteiger partial charge on any atom is -0.317 e. The second-order valence-corrected chi connectivity index (χ2v) is 10.6. The van der Waals surface area contributed by atoms with Gasteiger partial charge in [0.15, 0.2) is 4.80 Å². The van der Waals surface area contributed by atoms with Gasteiger partial charge in [0.1, 0.15) is 0 Å². The Morgan fingerprint density at radius 2 is 1.79 bits per heavy atom. The third-order valence-electron chi connectivity index (χ3n) is 5.30. The quantitative estimate of drug-likeness (QED) is 0.403. The number of amides is 1. The van der Waals surface area contributed by atoms with Crippen LogP contribution in [0.1, 0.15) is 42.6 Å². The molecule has 8 heteroatoms. The molecule has 0 fully saturated rings. The Hall–Kier alpha value is -3.23. The van der Waals surface area contributed by atoms with Gasteiger partial charge in [0.25, 0.3) is 15.9 Å². The zero-order chi connectivity index (χ0) is 23.6. The average Bonchev–Trinajstić information content (AvgIpc) is 3.15. The lowest BCUT2D eigenvalue weighted by Gasteiger charge is -2.08. The summed E-state index contributed by atoms with van der Waals surface area (Å²) in [5.41, 5.74) is 2.90. The number of rotatable bonds is 6. The van der Waals surface area contributed by atoms with Crippen LogP contribution >= 0.6 is 11.3 Å². The highest BCUT2D eigenvalue weighted by molar-refractivity contribution is 7.92. The first kappa shape index (κ1) is 22.9. The molecule has 33 heavy (non-hydrogen) atoms. The average molecular weight is 480 g/mol. The molecular formula is C25H25N3O3S2. The maximum absolute atomic E-state index is 13.0. The molecular weight excluding hydrogens is 454 g/mol. The minimum absolute atomic E-state index is 0.154. The van der Waals surface area contributed by atoms with Crippen molar-refractivity contribution in [1.29, 1.82) is 0 Å². The third kappa shape index (κ3) is 4.91. The van der Waals surface area contributed by atoms with E-state index in [2.05, 4.69) is 41.8 Å². The van der Waals surface area contributed by atoms with E-state index >= 15 is 0 Å². The normalized spacial score (nSPS) is 12.4. The number of thiazole rings is 1. The topological polar surface area (TPSA) is 80.5 Å². The van der Waals surface area contributed by atoms with Gasteiger partial charge in [0.05, 0.1) is 15.1 Å². The lowest BCUT2D eigenvalue weighted by molar-refractivity contribution is 0.0998. The Bertz CT molecular complexity index is 1480. The van der Waals surface area contributed by atoms with Crippen molar-refractivity contribution in [2.45, 2.75) is 38.1 Å². The summed E-state index contributed by atoms with van der Waals surface area (Å²) in [7, 11) is -3.75. The van der Waals surface area contributed by atoms with Gasteiger partial charge >= 0.3 is 0 Å². The minimum atomic E-state index is -3.75. The maximum Gasteiger partial charge on any atom is 0.279 e. The van der Waals surface area contributed by atoms with Gasteiger partial charge in [-0.2, -0.15) is 4.99 Å². The van der Waals surface area contributed by atoms with Gasteiger partial charge in [-0.25, -0.2) is 8.42 Å². The van der Waals surface area contributed by atoms with Crippen LogP contribution in [0.25, 0.3) is 10.2 Å². The van der Waals surface area contributed by atoms with E-state index in [4.69, 9.17) is 0 Å². The second kappa shape index (κ2) is 9.33. The highest BCUT2D eigenvalue weighted by Gasteiger charge is 2.15. The van der Waals surface area contributed by atoms with Gasteiger partial charge in [-0.15, -0.1) is 0 Å². The predicted octanol–water partition coefficient (Wildman–Crippen LogP) is 5.39. The molecule has 1 heterocycles. The van der Waals surface area contributed by atoms with Crippen molar-refractivity contribution < 1.29 is 13.2 Å². The molecule has 0 saturated carbocycles. The van der Waals surface area contributed by atoms with Crippen molar-refractivity contribution in [3.63, 3.8) is 0 Å². The van der Waals surface area contributed by atoms with Gasteiger partial charge in [0, 0.05) is 17.8 Å². The summed E-state index contributed by atoms with van der Waals surface area (Å²) < 4.78 is 30.9. The highest BCUT2D eigenvalue weighted by Crippen LogP contribution is 2.24. The zero-order valence-electron chi connectivity index (χ0n) is 18.6. The number of hydrogen-bond donors (Lipinski definition) is 1. The molecule has 0 atom stereocenters. The first-order valence-corrected chi connectivity index (χ1v) is 13.0. The number of benzene rings is 3. The smallest absolute Gasteiger partial charge is 0.279 e. The molecule has 4 aromatic rings. The third-order valence-corrected chi connectivity index (χ3v) is 7.74. The molecule has 0 spiro atoms. The number of anilines is 1. The van der Waals surface area contributed by atoms with Crippen molar-refractivity contribution in [3.8, 4) is 0 Å². The Labute approximate surface area is 197 Å². The summed E-state index contributed by atoms with van der Waals surface area (Å²) in [5.74, 6) is -0.00963. The van der Waals surface area contributed by atoms with E-state index in [0.717, 1.165) is 10.2 Å². The van der Waals surface area contributed by atoms with Crippen molar-refractivity contribution in [2.75, 3.05) is 4.72 Å². The number of aryl methyl sites for hydroxylation is 1. The van der Waals surface area contributed by atoms with Crippen LogP contribution in [0, 0.1) is 0 Å². The Morgan fingerprint density at radius 1 is 1.03 bits per heavy atom. The molecule has 1 aromatic heterocycles. The van der Waals surface area contributed by atoms with Crippen LogP contribution in [0.15, 0.2) is 82.7 Å². The summed E-state index contributed by atoms with van der Waals surface area (Å²) in [6.07, 6.45) is 0. The van der Waals surface area contributed by atoms with Crippen molar-refractivity contribution >= 4 is 43.2 Å². The number of sulfonamides is 1.